The number of anilines is 1. The summed E-state index contributed by atoms with van der Waals surface area (Å²) < 4.78 is 5.27. The zero-order valence-electron chi connectivity index (χ0n) is 12.1. The minimum Gasteiger partial charge on any atom is -0.384 e. The van der Waals surface area contributed by atoms with Crippen molar-refractivity contribution >= 4 is 11.7 Å². The summed E-state index contributed by atoms with van der Waals surface area (Å²) in [6, 6.07) is 3.34. The number of nitrogens with zero attached hydrogens (tertiary/aromatic N) is 1. The molecule has 0 bridgehead atoms. The van der Waals surface area contributed by atoms with Crippen molar-refractivity contribution in [2.75, 3.05) is 18.9 Å². The first-order valence-corrected chi connectivity index (χ1v) is 6.60. The van der Waals surface area contributed by atoms with E-state index >= 15 is 0 Å². The minimum atomic E-state index is -0.150. The van der Waals surface area contributed by atoms with Gasteiger partial charge >= 0.3 is 0 Å². The topological polar surface area (TPSA) is 77.2 Å². The molecule has 1 atom stereocenters. The molecule has 0 spiro atoms. The van der Waals surface area contributed by atoms with Gasteiger partial charge in [0.15, 0.2) is 0 Å². The van der Waals surface area contributed by atoms with Crippen LogP contribution in [-0.4, -0.2) is 30.1 Å². The van der Waals surface area contributed by atoms with Crippen molar-refractivity contribution in [2.24, 2.45) is 0 Å². The molecule has 0 aromatic carbocycles. The SMILES string of the molecule is CCOCC(C)NC(=O)c1cc(N)nc(C(C)C)c1. The Hall–Kier alpha value is -1.62. The van der Waals surface area contributed by atoms with Crippen molar-refractivity contribution in [3.63, 3.8) is 0 Å². The lowest BCUT2D eigenvalue weighted by Crippen LogP contribution is -2.36. The third-order valence-corrected chi connectivity index (χ3v) is 2.67. The molecule has 106 valence electrons. The highest BCUT2D eigenvalue weighted by Gasteiger charge is 2.13. The van der Waals surface area contributed by atoms with Gasteiger partial charge < -0.3 is 15.8 Å². The molecule has 3 N–H and O–H groups in total. The van der Waals surface area contributed by atoms with Gasteiger partial charge in [0.1, 0.15) is 5.82 Å². The number of carbonyl (C=O) groups excluding carboxylic acids is 1. The van der Waals surface area contributed by atoms with Crippen LogP contribution >= 0.6 is 0 Å². The molecule has 1 heterocycles. The lowest BCUT2D eigenvalue weighted by atomic mass is 10.1. The molecule has 1 aromatic heterocycles. The van der Waals surface area contributed by atoms with Crippen LogP contribution in [0.2, 0.25) is 0 Å². The molecule has 0 aliphatic rings. The Morgan fingerprint density at radius 1 is 1.42 bits per heavy atom. The fourth-order valence-corrected chi connectivity index (χ4v) is 1.64. The molecule has 0 aliphatic carbocycles. The fraction of sp³-hybridized carbons (Fsp3) is 0.571. The number of hydrogen-bond acceptors (Lipinski definition) is 4. The van der Waals surface area contributed by atoms with Crippen LogP contribution in [-0.2, 0) is 4.74 Å². The van der Waals surface area contributed by atoms with Crippen LogP contribution in [0.4, 0.5) is 5.82 Å². The molecule has 0 radical (unpaired) electrons. The van der Waals surface area contributed by atoms with E-state index in [1.54, 1.807) is 12.1 Å². The molecular weight excluding hydrogens is 242 g/mol. The number of carbonyl (C=O) groups is 1. The Bertz CT molecular complexity index is 433. The Morgan fingerprint density at radius 2 is 2.11 bits per heavy atom. The Labute approximate surface area is 114 Å². The van der Waals surface area contributed by atoms with Gasteiger partial charge in [-0.2, -0.15) is 0 Å². The number of nitrogens with one attached hydrogen (secondary N) is 1. The van der Waals surface area contributed by atoms with Crippen molar-refractivity contribution < 1.29 is 9.53 Å². The maximum absolute atomic E-state index is 12.1. The Balaban J connectivity index is 2.76. The average Bonchev–Trinajstić information content (AvgIpc) is 2.35. The molecule has 0 aliphatic heterocycles. The number of ether oxygens (including phenoxy) is 1. The van der Waals surface area contributed by atoms with Crippen molar-refractivity contribution in [1.82, 2.24) is 10.3 Å². The second-order valence-electron chi connectivity index (χ2n) is 4.89. The van der Waals surface area contributed by atoms with Gasteiger partial charge in [-0.15, -0.1) is 0 Å². The predicted octanol–water partition coefficient (Wildman–Crippen LogP) is 1.94. The van der Waals surface area contributed by atoms with Gasteiger partial charge in [0.25, 0.3) is 5.91 Å². The van der Waals surface area contributed by atoms with E-state index in [4.69, 9.17) is 10.5 Å². The number of nitrogens with two attached hydrogens (primary N) is 1. The number of nitrogen functional groups attached to an aromatic ring is 1. The first kappa shape index (κ1) is 15.4. The number of aromatic nitrogens is 1. The highest BCUT2D eigenvalue weighted by Crippen LogP contribution is 2.16. The van der Waals surface area contributed by atoms with Gasteiger partial charge in [0.2, 0.25) is 0 Å². The first-order valence-electron chi connectivity index (χ1n) is 6.60. The van der Waals surface area contributed by atoms with Gasteiger partial charge in [-0.3, -0.25) is 4.79 Å². The van der Waals surface area contributed by atoms with Crippen LogP contribution in [0.1, 0.15) is 49.7 Å². The van der Waals surface area contributed by atoms with E-state index in [-0.39, 0.29) is 17.9 Å². The van der Waals surface area contributed by atoms with E-state index in [2.05, 4.69) is 10.3 Å². The number of pyridine rings is 1. The first-order chi connectivity index (χ1) is 8.93. The standard InChI is InChI=1S/C14H23N3O2/c1-5-19-8-10(4)16-14(18)11-6-12(9(2)3)17-13(15)7-11/h6-7,9-10H,5,8H2,1-4H3,(H2,15,17)(H,16,18). The number of hydrogen-bond donors (Lipinski definition) is 2. The summed E-state index contributed by atoms with van der Waals surface area (Å²) in [5, 5.41) is 2.88. The number of rotatable bonds is 6. The van der Waals surface area contributed by atoms with Crippen molar-refractivity contribution in [1.29, 1.82) is 0 Å². The van der Waals surface area contributed by atoms with Crippen LogP contribution in [0.5, 0.6) is 0 Å². The lowest BCUT2D eigenvalue weighted by Gasteiger charge is -2.14. The fourth-order valence-electron chi connectivity index (χ4n) is 1.64. The van der Waals surface area contributed by atoms with Gasteiger partial charge in [-0.05, 0) is 31.9 Å². The van der Waals surface area contributed by atoms with E-state index in [0.29, 0.717) is 24.6 Å². The summed E-state index contributed by atoms with van der Waals surface area (Å²) in [4.78, 5) is 16.3. The highest BCUT2D eigenvalue weighted by atomic mass is 16.5. The van der Waals surface area contributed by atoms with E-state index in [1.165, 1.54) is 0 Å². The molecular formula is C14H23N3O2. The van der Waals surface area contributed by atoms with E-state index in [1.807, 2.05) is 27.7 Å². The predicted molar refractivity (Wildman–Crippen MR) is 76.2 cm³/mol. The normalized spacial score (nSPS) is 12.5. The molecule has 5 nitrogen and oxygen atoms in total. The van der Waals surface area contributed by atoms with Gasteiger partial charge in [-0.1, -0.05) is 13.8 Å². The van der Waals surface area contributed by atoms with Crippen LogP contribution in [0.25, 0.3) is 0 Å². The zero-order valence-corrected chi connectivity index (χ0v) is 12.1. The molecule has 0 fully saturated rings. The van der Waals surface area contributed by atoms with Crippen molar-refractivity contribution in [3.8, 4) is 0 Å². The van der Waals surface area contributed by atoms with Gasteiger partial charge in [-0.25, -0.2) is 4.98 Å². The second kappa shape index (κ2) is 7.09. The van der Waals surface area contributed by atoms with Crippen LogP contribution in [0.3, 0.4) is 0 Å². The smallest absolute Gasteiger partial charge is 0.251 e. The number of amides is 1. The van der Waals surface area contributed by atoms with Crippen molar-refractivity contribution in [2.45, 2.75) is 39.7 Å². The molecule has 19 heavy (non-hydrogen) atoms. The van der Waals surface area contributed by atoms with E-state index < -0.39 is 0 Å². The minimum absolute atomic E-state index is 0.0376. The third-order valence-electron chi connectivity index (χ3n) is 2.67. The maximum Gasteiger partial charge on any atom is 0.251 e. The van der Waals surface area contributed by atoms with Gasteiger partial charge in [0.05, 0.1) is 6.61 Å². The molecule has 5 heteroatoms. The Kier molecular flexibility index (Phi) is 5.76. The zero-order chi connectivity index (χ0) is 14.4. The average molecular weight is 265 g/mol. The van der Waals surface area contributed by atoms with Gasteiger partial charge in [0, 0.05) is 23.9 Å². The molecule has 1 amide bonds. The van der Waals surface area contributed by atoms with Crippen molar-refractivity contribution in [3.05, 3.63) is 23.4 Å². The lowest BCUT2D eigenvalue weighted by molar-refractivity contribution is 0.0872. The molecule has 0 saturated carbocycles. The summed E-state index contributed by atoms with van der Waals surface area (Å²) in [6.45, 7) is 9.00. The summed E-state index contributed by atoms with van der Waals surface area (Å²) in [6.07, 6.45) is 0. The molecule has 1 rings (SSSR count). The highest BCUT2D eigenvalue weighted by molar-refractivity contribution is 5.95. The summed E-state index contributed by atoms with van der Waals surface area (Å²) in [5.41, 5.74) is 7.09. The van der Waals surface area contributed by atoms with Crippen LogP contribution < -0.4 is 11.1 Å². The Morgan fingerprint density at radius 3 is 2.68 bits per heavy atom. The quantitative estimate of drug-likeness (QED) is 0.824. The maximum atomic E-state index is 12.1. The molecule has 1 unspecified atom stereocenters. The molecule has 0 saturated heterocycles. The van der Waals surface area contributed by atoms with Crippen LogP contribution in [0.15, 0.2) is 12.1 Å². The van der Waals surface area contributed by atoms with E-state index in [9.17, 15) is 4.79 Å². The summed E-state index contributed by atoms with van der Waals surface area (Å²) >= 11 is 0. The summed E-state index contributed by atoms with van der Waals surface area (Å²) in [5.74, 6) is 0.452. The third kappa shape index (κ3) is 4.87. The second-order valence-corrected chi connectivity index (χ2v) is 4.89. The van der Waals surface area contributed by atoms with E-state index in [0.717, 1.165) is 5.69 Å². The summed E-state index contributed by atoms with van der Waals surface area (Å²) in [7, 11) is 0. The monoisotopic (exact) mass is 265 g/mol. The largest absolute Gasteiger partial charge is 0.384 e. The molecule has 1 aromatic rings. The van der Waals surface area contributed by atoms with Crippen LogP contribution in [0, 0.1) is 0 Å².